The van der Waals surface area contributed by atoms with Crippen LogP contribution in [0.4, 0.5) is 10.8 Å². The van der Waals surface area contributed by atoms with Crippen LogP contribution in [-0.4, -0.2) is 11.0 Å². The number of thiazole rings is 1. The number of nitrogen functional groups attached to an aromatic ring is 1. The van der Waals surface area contributed by atoms with Gasteiger partial charge >= 0.3 is 0 Å². The Morgan fingerprint density at radius 3 is 3.00 bits per heavy atom. The van der Waals surface area contributed by atoms with E-state index in [-0.39, 0.29) is 0 Å². The first kappa shape index (κ1) is 12.7. The molecule has 0 spiro atoms. The predicted octanol–water partition coefficient (Wildman–Crippen LogP) is 4.26. The fraction of sp³-hybridized carbons (Fsp3) is 0.533. The van der Waals surface area contributed by atoms with E-state index in [0.717, 1.165) is 22.3 Å². The SMILES string of the molecule is CC1CCCCCC1Nc1nc2ccc(N)cc2s1. The summed E-state index contributed by atoms with van der Waals surface area (Å²) in [6.45, 7) is 2.36. The van der Waals surface area contributed by atoms with Crippen LogP contribution in [0.2, 0.25) is 0 Å². The molecule has 0 amide bonds. The van der Waals surface area contributed by atoms with E-state index in [2.05, 4.69) is 17.2 Å². The van der Waals surface area contributed by atoms with Crippen molar-refractivity contribution in [3.8, 4) is 0 Å². The van der Waals surface area contributed by atoms with Crippen molar-refractivity contribution in [1.82, 2.24) is 4.98 Å². The highest BCUT2D eigenvalue weighted by atomic mass is 32.1. The van der Waals surface area contributed by atoms with E-state index in [1.165, 1.54) is 36.8 Å². The van der Waals surface area contributed by atoms with Crippen LogP contribution in [0.15, 0.2) is 18.2 Å². The van der Waals surface area contributed by atoms with E-state index in [4.69, 9.17) is 5.73 Å². The number of nitrogens with zero attached hydrogens (tertiary/aromatic N) is 1. The third-order valence-electron chi connectivity index (χ3n) is 4.08. The molecule has 1 fully saturated rings. The number of nitrogens with two attached hydrogens (primary N) is 1. The lowest BCUT2D eigenvalue weighted by molar-refractivity contribution is 0.456. The van der Waals surface area contributed by atoms with Crippen molar-refractivity contribution in [3.05, 3.63) is 18.2 Å². The lowest BCUT2D eigenvalue weighted by Crippen LogP contribution is -2.26. The minimum Gasteiger partial charge on any atom is -0.399 e. The zero-order chi connectivity index (χ0) is 13.2. The van der Waals surface area contributed by atoms with Crippen LogP contribution in [0, 0.1) is 5.92 Å². The molecule has 3 N–H and O–H groups in total. The highest BCUT2D eigenvalue weighted by molar-refractivity contribution is 7.22. The summed E-state index contributed by atoms with van der Waals surface area (Å²) < 4.78 is 1.17. The predicted molar refractivity (Wildman–Crippen MR) is 83.7 cm³/mol. The summed E-state index contributed by atoms with van der Waals surface area (Å²) in [6.07, 6.45) is 6.67. The van der Waals surface area contributed by atoms with Gasteiger partial charge in [-0.2, -0.15) is 0 Å². The summed E-state index contributed by atoms with van der Waals surface area (Å²) in [5.74, 6) is 0.736. The first-order chi connectivity index (χ1) is 9.22. The quantitative estimate of drug-likeness (QED) is 0.636. The maximum absolute atomic E-state index is 5.82. The van der Waals surface area contributed by atoms with E-state index in [0.29, 0.717) is 6.04 Å². The van der Waals surface area contributed by atoms with Crippen LogP contribution in [0.5, 0.6) is 0 Å². The van der Waals surface area contributed by atoms with Gasteiger partial charge in [0.2, 0.25) is 0 Å². The molecule has 0 bridgehead atoms. The summed E-state index contributed by atoms with van der Waals surface area (Å²) in [5.41, 5.74) is 7.67. The average molecular weight is 275 g/mol. The second kappa shape index (κ2) is 5.37. The van der Waals surface area contributed by atoms with Gasteiger partial charge in [-0.25, -0.2) is 4.98 Å². The Bertz CT molecular complexity index is 564. The number of hydrogen-bond donors (Lipinski definition) is 2. The Hall–Kier alpha value is -1.29. The topological polar surface area (TPSA) is 50.9 Å². The molecule has 2 atom stereocenters. The molecule has 4 heteroatoms. The average Bonchev–Trinajstić information content (AvgIpc) is 2.66. The first-order valence-electron chi connectivity index (χ1n) is 7.15. The molecule has 0 aliphatic heterocycles. The minimum absolute atomic E-state index is 0.570. The molecule has 0 saturated heterocycles. The molecule has 1 saturated carbocycles. The molecule has 1 aliphatic carbocycles. The van der Waals surface area contributed by atoms with E-state index in [1.807, 2.05) is 18.2 Å². The largest absolute Gasteiger partial charge is 0.399 e. The van der Waals surface area contributed by atoms with Gasteiger partial charge in [-0.05, 0) is 37.0 Å². The summed E-state index contributed by atoms with van der Waals surface area (Å²) in [4.78, 5) is 4.66. The molecular weight excluding hydrogens is 254 g/mol. The summed E-state index contributed by atoms with van der Waals surface area (Å²) in [7, 11) is 0. The molecule has 1 aromatic heterocycles. The van der Waals surface area contributed by atoms with E-state index >= 15 is 0 Å². The molecule has 2 unspecified atom stereocenters. The molecule has 1 aliphatic rings. The summed E-state index contributed by atoms with van der Waals surface area (Å²) in [6, 6.07) is 6.50. The van der Waals surface area contributed by atoms with Gasteiger partial charge in [-0.15, -0.1) is 0 Å². The van der Waals surface area contributed by atoms with Crippen molar-refractivity contribution in [2.75, 3.05) is 11.1 Å². The second-order valence-corrected chi connectivity index (χ2v) is 6.64. The highest BCUT2D eigenvalue weighted by Crippen LogP contribution is 2.31. The van der Waals surface area contributed by atoms with Gasteiger partial charge in [0.25, 0.3) is 0 Å². The second-order valence-electron chi connectivity index (χ2n) is 5.61. The third-order valence-corrected chi connectivity index (χ3v) is 5.03. The van der Waals surface area contributed by atoms with Gasteiger partial charge in [-0.1, -0.05) is 37.5 Å². The Labute approximate surface area is 118 Å². The maximum atomic E-state index is 5.82. The Morgan fingerprint density at radius 1 is 1.26 bits per heavy atom. The number of benzene rings is 1. The number of nitrogens with one attached hydrogen (secondary N) is 1. The van der Waals surface area contributed by atoms with E-state index in [9.17, 15) is 0 Å². The van der Waals surface area contributed by atoms with Crippen LogP contribution in [0.25, 0.3) is 10.2 Å². The molecule has 102 valence electrons. The lowest BCUT2D eigenvalue weighted by Gasteiger charge is -2.22. The maximum Gasteiger partial charge on any atom is 0.184 e. The number of hydrogen-bond acceptors (Lipinski definition) is 4. The molecule has 19 heavy (non-hydrogen) atoms. The van der Waals surface area contributed by atoms with Gasteiger partial charge in [0.1, 0.15) is 0 Å². The van der Waals surface area contributed by atoms with Gasteiger partial charge in [0, 0.05) is 11.7 Å². The van der Waals surface area contributed by atoms with Gasteiger partial charge in [0.05, 0.1) is 10.2 Å². The minimum atomic E-state index is 0.570. The van der Waals surface area contributed by atoms with Crippen LogP contribution >= 0.6 is 11.3 Å². The first-order valence-corrected chi connectivity index (χ1v) is 7.96. The number of rotatable bonds is 2. The van der Waals surface area contributed by atoms with E-state index in [1.54, 1.807) is 11.3 Å². The fourth-order valence-electron chi connectivity index (χ4n) is 2.87. The molecule has 3 nitrogen and oxygen atoms in total. The van der Waals surface area contributed by atoms with Crippen molar-refractivity contribution < 1.29 is 0 Å². The van der Waals surface area contributed by atoms with Crippen LogP contribution in [0.1, 0.15) is 39.0 Å². The van der Waals surface area contributed by atoms with Crippen LogP contribution in [-0.2, 0) is 0 Å². The molecule has 1 heterocycles. The molecule has 0 radical (unpaired) electrons. The molecule has 1 aromatic carbocycles. The lowest BCUT2D eigenvalue weighted by atomic mass is 9.97. The fourth-order valence-corrected chi connectivity index (χ4v) is 3.84. The van der Waals surface area contributed by atoms with Crippen LogP contribution < -0.4 is 11.1 Å². The number of fused-ring (bicyclic) bond motifs is 1. The molecular formula is C15H21N3S. The summed E-state index contributed by atoms with van der Waals surface area (Å²) in [5, 5.41) is 4.69. The monoisotopic (exact) mass is 275 g/mol. The summed E-state index contributed by atoms with van der Waals surface area (Å²) >= 11 is 1.71. The third kappa shape index (κ3) is 2.84. The van der Waals surface area contributed by atoms with Crippen molar-refractivity contribution in [1.29, 1.82) is 0 Å². The molecule has 2 aromatic rings. The Kier molecular flexibility index (Phi) is 3.60. The van der Waals surface area contributed by atoms with Crippen molar-refractivity contribution >= 4 is 32.4 Å². The zero-order valence-electron chi connectivity index (χ0n) is 11.4. The van der Waals surface area contributed by atoms with Gasteiger partial charge < -0.3 is 11.1 Å². The standard InChI is InChI=1S/C15H21N3S/c1-10-5-3-2-4-6-12(10)17-15-18-13-8-7-11(16)9-14(13)19-15/h7-10,12H,2-6,16H2,1H3,(H,17,18). The highest BCUT2D eigenvalue weighted by Gasteiger charge is 2.20. The number of anilines is 2. The van der Waals surface area contributed by atoms with Crippen molar-refractivity contribution in [2.24, 2.45) is 5.92 Å². The van der Waals surface area contributed by atoms with Crippen LogP contribution in [0.3, 0.4) is 0 Å². The van der Waals surface area contributed by atoms with Crippen molar-refractivity contribution in [2.45, 2.75) is 45.1 Å². The normalized spacial score (nSPS) is 24.3. The Morgan fingerprint density at radius 2 is 2.11 bits per heavy atom. The number of aromatic nitrogens is 1. The van der Waals surface area contributed by atoms with Gasteiger partial charge in [0.15, 0.2) is 5.13 Å². The Balaban J connectivity index is 1.80. The molecule has 3 rings (SSSR count). The van der Waals surface area contributed by atoms with Gasteiger partial charge in [-0.3, -0.25) is 0 Å². The van der Waals surface area contributed by atoms with E-state index < -0.39 is 0 Å². The smallest absolute Gasteiger partial charge is 0.184 e. The zero-order valence-corrected chi connectivity index (χ0v) is 12.2. The van der Waals surface area contributed by atoms with Crippen molar-refractivity contribution in [3.63, 3.8) is 0 Å².